The van der Waals surface area contributed by atoms with Crippen LogP contribution in [0.4, 0.5) is 5.69 Å². The normalized spacial score (nSPS) is 15.5. The summed E-state index contributed by atoms with van der Waals surface area (Å²) >= 11 is 0. The van der Waals surface area contributed by atoms with Crippen LogP contribution in [0.15, 0.2) is 24.3 Å². The van der Waals surface area contributed by atoms with Crippen LogP contribution in [0.1, 0.15) is 18.4 Å². The zero-order valence-electron chi connectivity index (χ0n) is 11.1. The van der Waals surface area contributed by atoms with Gasteiger partial charge in [0.2, 0.25) is 10.0 Å². The molecule has 1 aliphatic rings. The molecule has 2 N–H and O–H groups in total. The van der Waals surface area contributed by atoms with E-state index in [4.69, 9.17) is 5.11 Å². The standard InChI is InChI=1S/C13H18N2O4S/c16-13(17)6-3-9-20(18,19)15-8-7-14-10-11-4-1-2-5-12(11)15/h1-2,4-5,14H,3,6-10H2,(H,16,17). The van der Waals surface area contributed by atoms with Gasteiger partial charge in [0.1, 0.15) is 0 Å². The quantitative estimate of drug-likeness (QED) is 0.839. The summed E-state index contributed by atoms with van der Waals surface area (Å²) in [5.41, 5.74) is 1.62. The van der Waals surface area contributed by atoms with Crippen LogP contribution in [-0.4, -0.2) is 38.3 Å². The Hall–Kier alpha value is -1.60. The molecule has 20 heavy (non-hydrogen) atoms. The minimum Gasteiger partial charge on any atom is -0.481 e. The average Bonchev–Trinajstić information content (AvgIpc) is 2.60. The van der Waals surface area contributed by atoms with Gasteiger partial charge in [0.15, 0.2) is 0 Å². The summed E-state index contributed by atoms with van der Waals surface area (Å²) in [5.74, 6) is -1.12. The van der Waals surface area contributed by atoms with Gasteiger partial charge in [-0.15, -0.1) is 0 Å². The molecule has 0 atom stereocenters. The van der Waals surface area contributed by atoms with E-state index in [9.17, 15) is 13.2 Å². The molecule has 1 heterocycles. The third-order valence-electron chi connectivity index (χ3n) is 3.20. The predicted molar refractivity (Wildman–Crippen MR) is 76.2 cm³/mol. The summed E-state index contributed by atoms with van der Waals surface area (Å²) in [7, 11) is -3.49. The fraction of sp³-hybridized carbons (Fsp3) is 0.462. The number of rotatable bonds is 5. The smallest absolute Gasteiger partial charge is 0.303 e. The molecule has 0 saturated carbocycles. The maximum atomic E-state index is 12.4. The highest BCUT2D eigenvalue weighted by Gasteiger charge is 2.25. The van der Waals surface area contributed by atoms with E-state index in [1.807, 2.05) is 18.2 Å². The van der Waals surface area contributed by atoms with Crippen LogP contribution < -0.4 is 9.62 Å². The number of carboxylic acids is 1. The SMILES string of the molecule is O=C(O)CCCS(=O)(=O)N1CCNCc2ccccc21. The highest BCUT2D eigenvalue weighted by molar-refractivity contribution is 7.92. The van der Waals surface area contributed by atoms with Crippen molar-refractivity contribution >= 4 is 21.7 Å². The van der Waals surface area contributed by atoms with Crippen LogP contribution >= 0.6 is 0 Å². The average molecular weight is 298 g/mol. The van der Waals surface area contributed by atoms with E-state index < -0.39 is 16.0 Å². The van der Waals surface area contributed by atoms with Gasteiger partial charge in [-0.25, -0.2) is 8.42 Å². The van der Waals surface area contributed by atoms with Gasteiger partial charge in [-0.1, -0.05) is 18.2 Å². The van der Waals surface area contributed by atoms with E-state index >= 15 is 0 Å². The second kappa shape index (κ2) is 6.23. The molecule has 2 rings (SSSR count). The first-order valence-electron chi connectivity index (χ1n) is 6.51. The number of nitrogens with one attached hydrogen (secondary N) is 1. The van der Waals surface area contributed by atoms with E-state index in [2.05, 4.69) is 5.32 Å². The summed E-state index contributed by atoms with van der Waals surface area (Å²) in [4.78, 5) is 10.5. The molecule has 0 aliphatic carbocycles. The first-order valence-corrected chi connectivity index (χ1v) is 8.12. The van der Waals surface area contributed by atoms with Crippen LogP contribution in [-0.2, 0) is 21.4 Å². The van der Waals surface area contributed by atoms with Crippen molar-refractivity contribution in [3.63, 3.8) is 0 Å². The molecule has 0 fully saturated rings. The second-order valence-electron chi connectivity index (χ2n) is 4.69. The predicted octanol–water partition coefficient (Wildman–Crippen LogP) is 0.791. The number of nitrogens with zero attached hydrogens (tertiary/aromatic N) is 1. The van der Waals surface area contributed by atoms with Crippen molar-refractivity contribution in [3.05, 3.63) is 29.8 Å². The molecule has 0 spiro atoms. The maximum absolute atomic E-state index is 12.4. The lowest BCUT2D eigenvalue weighted by Crippen LogP contribution is -2.36. The minimum absolute atomic E-state index is 0.129. The van der Waals surface area contributed by atoms with E-state index in [1.54, 1.807) is 6.07 Å². The number of sulfonamides is 1. The van der Waals surface area contributed by atoms with Crippen molar-refractivity contribution in [2.75, 3.05) is 23.1 Å². The Balaban J connectivity index is 2.20. The Morgan fingerprint density at radius 3 is 2.85 bits per heavy atom. The van der Waals surface area contributed by atoms with E-state index in [1.165, 1.54) is 4.31 Å². The summed E-state index contributed by atoms with van der Waals surface area (Å²) in [5, 5.41) is 11.8. The van der Waals surface area contributed by atoms with Gasteiger partial charge in [0.25, 0.3) is 0 Å². The Morgan fingerprint density at radius 2 is 2.10 bits per heavy atom. The van der Waals surface area contributed by atoms with Crippen molar-refractivity contribution in [2.45, 2.75) is 19.4 Å². The first kappa shape index (κ1) is 14.8. The number of fused-ring (bicyclic) bond motifs is 1. The van der Waals surface area contributed by atoms with Crippen LogP contribution in [0.3, 0.4) is 0 Å². The number of hydrogen-bond acceptors (Lipinski definition) is 4. The Morgan fingerprint density at radius 1 is 1.35 bits per heavy atom. The first-order chi connectivity index (χ1) is 9.50. The lowest BCUT2D eigenvalue weighted by molar-refractivity contribution is -0.137. The molecule has 0 radical (unpaired) electrons. The minimum atomic E-state index is -3.49. The molecule has 1 aliphatic heterocycles. The Bertz CT molecular complexity index is 586. The zero-order chi connectivity index (χ0) is 14.6. The van der Waals surface area contributed by atoms with Crippen molar-refractivity contribution in [1.82, 2.24) is 5.32 Å². The fourth-order valence-electron chi connectivity index (χ4n) is 2.23. The number of anilines is 1. The molecule has 0 amide bonds. The van der Waals surface area contributed by atoms with Crippen LogP contribution in [0.2, 0.25) is 0 Å². The van der Waals surface area contributed by atoms with Gasteiger partial charge in [-0.05, 0) is 18.1 Å². The summed E-state index contributed by atoms with van der Waals surface area (Å²) in [6.45, 7) is 1.58. The molecule has 0 saturated heterocycles. The lowest BCUT2D eigenvalue weighted by Gasteiger charge is -2.24. The largest absolute Gasteiger partial charge is 0.481 e. The van der Waals surface area contributed by atoms with Crippen molar-refractivity contribution in [1.29, 1.82) is 0 Å². The molecule has 7 heteroatoms. The highest BCUT2D eigenvalue weighted by atomic mass is 32.2. The van der Waals surface area contributed by atoms with Gasteiger partial charge in [-0.3, -0.25) is 9.10 Å². The molecular weight excluding hydrogens is 280 g/mol. The van der Waals surface area contributed by atoms with E-state index in [-0.39, 0.29) is 18.6 Å². The third-order valence-corrected chi connectivity index (χ3v) is 5.05. The van der Waals surface area contributed by atoms with E-state index in [0.29, 0.717) is 25.3 Å². The fourth-order valence-corrected chi connectivity index (χ4v) is 3.81. The van der Waals surface area contributed by atoms with Gasteiger partial charge in [-0.2, -0.15) is 0 Å². The van der Waals surface area contributed by atoms with Gasteiger partial charge < -0.3 is 10.4 Å². The third kappa shape index (κ3) is 3.49. The zero-order valence-corrected chi connectivity index (χ0v) is 11.9. The topological polar surface area (TPSA) is 86.7 Å². The Kier molecular flexibility index (Phi) is 4.61. The molecule has 0 aromatic heterocycles. The molecule has 6 nitrogen and oxygen atoms in total. The summed E-state index contributed by atoms with van der Waals surface area (Å²) < 4.78 is 26.2. The van der Waals surface area contributed by atoms with Crippen molar-refractivity contribution < 1.29 is 18.3 Å². The van der Waals surface area contributed by atoms with Gasteiger partial charge >= 0.3 is 5.97 Å². The Labute approximate surface area is 118 Å². The monoisotopic (exact) mass is 298 g/mol. The summed E-state index contributed by atoms with van der Waals surface area (Å²) in [6, 6.07) is 7.37. The van der Waals surface area contributed by atoms with Crippen LogP contribution in [0.5, 0.6) is 0 Å². The van der Waals surface area contributed by atoms with Crippen molar-refractivity contribution in [3.8, 4) is 0 Å². The van der Waals surface area contributed by atoms with Crippen LogP contribution in [0.25, 0.3) is 0 Å². The second-order valence-corrected chi connectivity index (χ2v) is 6.70. The number of aliphatic carboxylic acids is 1. The number of hydrogen-bond donors (Lipinski definition) is 2. The van der Waals surface area contributed by atoms with Gasteiger partial charge in [0, 0.05) is 26.1 Å². The molecule has 1 aromatic carbocycles. The highest BCUT2D eigenvalue weighted by Crippen LogP contribution is 2.25. The molecule has 0 unspecified atom stereocenters. The van der Waals surface area contributed by atoms with Gasteiger partial charge in [0.05, 0.1) is 11.4 Å². The number of para-hydroxylation sites is 1. The number of carbonyl (C=O) groups is 1. The summed E-state index contributed by atoms with van der Waals surface area (Å²) in [6.07, 6.45) is -0.00325. The van der Waals surface area contributed by atoms with Crippen molar-refractivity contribution in [2.24, 2.45) is 0 Å². The lowest BCUT2D eigenvalue weighted by atomic mass is 10.2. The maximum Gasteiger partial charge on any atom is 0.303 e. The van der Waals surface area contributed by atoms with Crippen LogP contribution in [0, 0.1) is 0 Å². The molecule has 0 bridgehead atoms. The molecule has 1 aromatic rings. The molecular formula is C13H18N2O4S. The molecule has 110 valence electrons. The number of benzene rings is 1. The number of carboxylic acid groups (broad SMARTS) is 1. The van der Waals surface area contributed by atoms with E-state index in [0.717, 1.165) is 5.56 Å².